The van der Waals surface area contributed by atoms with Gasteiger partial charge in [-0.3, -0.25) is 4.79 Å². The smallest absolute Gasteiger partial charge is 0.335 e. The Morgan fingerprint density at radius 1 is 1.35 bits per heavy atom. The summed E-state index contributed by atoms with van der Waals surface area (Å²) in [6.45, 7) is 1.97. The van der Waals surface area contributed by atoms with Gasteiger partial charge in [0, 0.05) is 0 Å². The Bertz CT molecular complexity index is 483. The van der Waals surface area contributed by atoms with Gasteiger partial charge in [-0.2, -0.15) is 0 Å². The molecule has 0 radical (unpaired) electrons. The molecule has 4 nitrogen and oxygen atoms in total. The molecule has 0 saturated carbocycles. The summed E-state index contributed by atoms with van der Waals surface area (Å²) in [7, 11) is 0. The number of carbonyl (C=O) groups is 2. The molecule has 0 aliphatic heterocycles. The number of hydrogen-bond acceptors (Lipinski definition) is 2. The number of carboxylic acid groups (broad SMARTS) is 1. The van der Waals surface area contributed by atoms with E-state index in [4.69, 9.17) is 5.11 Å². The number of aromatic carboxylic acids is 1. The Balaban J connectivity index is 2.70. The number of nitrogens with one attached hydrogen (secondary N) is 1. The van der Waals surface area contributed by atoms with Gasteiger partial charge in [-0.05, 0) is 18.6 Å². The number of benzene rings is 1. The van der Waals surface area contributed by atoms with Gasteiger partial charge in [0.05, 0.1) is 18.5 Å². The van der Waals surface area contributed by atoms with Gasteiger partial charge in [0.25, 0.3) is 0 Å². The molecule has 0 atom stereocenters. The van der Waals surface area contributed by atoms with Crippen LogP contribution in [0.15, 0.2) is 24.3 Å². The van der Waals surface area contributed by atoms with Crippen LogP contribution in [-0.4, -0.2) is 23.5 Å². The third-order valence-corrected chi connectivity index (χ3v) is 2.15. The molecule has 88 valence electrons. The fourth-order valence-corrected chi connectivity index (χ4v) is 1.35. The normalized spacial score (nSPS) is 9.00. The van der Waals surface area contributed by atoms with Gasteiger partial charge in [0.1, 0.15) is 0 Å². The summed E-state index contributed by atoms with van der Waals surface area (Å²) in [6.07, 6.45) is 0.0495. The van der Waals surface area contributed by atoms with Crippen LogP contribution < -0.4 is 5.32 Å². The quantitative estimate of drug-likeness (QED) is 0.762. The van der Waals surface area contributed by atoms with Crippen LogP contribution >= 0.6 is 0 Å². The first-order valence-electron chi connectivity index (χ1n) is 5.12. The predicted molar refractivity (Wildman–Crippen MR) is 63.6 cm³/mol. The van der Waals surface area contributed by atoms with Crippen molar-refractivity contribution in [3.63, 3.8) is 0 Å². The van der Waals surface area contributed by atoms with Crippen molar-refractivity contribution in [1.82, 2.24) is 5.32 Å². The molecule has 1 aromatic rings. The molecule has 17 heavy (non-hydrogen) atoms. The molecule has 1 rings (SSSR count). The molecule has 1 amide bonds. The molecule has 0 aromatic heterocycles. The molecule has 1 aromatic carbocycles. The fourth-order valence-electron chi connectivity index (χ4n) is 1.35. The zero-order chi connectivity index (χ0) is 12.7. The van der Waals surface area contributed by atoms with Gasteiger partial charge in [-0.25, -0.2) is 4.79 Å². The Morgan fingerprint density at radius 2 is 2.06 bits per heavy atom. The molecular weight excluding hydrogens is 218 g/mol. The second kappa shape index (κ2) is 6.33. The molecule has 0 unspecified atom stereocenters. The van der Waals surface area contributed by atoms with Crippen molar-refractivity contribution in [2.75, 3.05) is 6.54 Å². The van der Waals surface area contributed by atoms with Crippen LogP contribution in [0, 0.1) is 11.8 Å². The summed E-state index contributed by atoms with van der Waals surface area (Å²) >= 11 is 0. The molecule has 0 saturated heterocycles. The van der Waals surface area contributed by atoms with Crippen LogP contribution in [0.1, 0.15) is 22.8 Å². The summed E-state index contributed by atoms with van der Waals surface area (Å²) in [5.41, 5.74) is 0.659. The summed E-state index contributed by atoms with van der Waals surface area (Å²) in [4.78, 5) is 22.4. The minimum Gasteiger partial charge on any atom is -0.478 e. The van der Waals surface area contributed by atoms with E-state index in [1.165, 1.54) is 6.07 Å². The van der Waals surface area contributed by atoms with Crippen molar-refractivity contribution in [2.24, 2.45) is 0 Å². The molecule has 0 aliphatic carbocycles. The monoisotopic (exact) mass is 231 g/mol. The van der Waals surface area contributed by atoms with Crippen molar-refractivity contribution in [3.05, 3.63) is 35.4 Å². The maximum Gasteiger partial charge on any atom is 0.335 e. The van der Waals surface area contributed by atoms with Gasteiger partial charge in [0.15, 0.2) is 0 Å². The lowest BCUT2D eigenvalue weighted by Gasteiger charge is -2.05. The number of rotatable bonds is 4. The molecule has 2 N–H and O–H groups in total. The van der Waals surface area contributed by atoms with Crippen LogP contribution in [0.5, 0.6) is 0 Å². The molecule has 4 heteroatoms. The van der Waals surface area contributed by atoms with E-state index in [9.17, 15) is 9.59 Å². The van der Waals surface area contributed by atoms with Crippen LogP contribution in [0.25, 0.3) is 0 Å². The summed E-state index contributed by atoms with van der Waals surface area (Å²) in [6, 6.07) is 6.46. The van der Waals surface area contributed by atoms with Gasteiger partial charge in [-0.1, -0.05) is 24.1 Å². The van der Waals surface area contributed by atoms with Crippen LogP contribution in [0.3, 0.4) is 0 Å². The average Bonchev–Trinajstić information content (AvgIpc) is 2.29. The molecule has 0 fully saturated rings. The van der Waals surface area contributed by atoms with E-state index in [1.807, 2.05) is 0 Å². The highest BCUT2D eigenvalue weighted by Crippen LogP contribution is 2.09. The van der Waals surface area contributed by atoms with Crippen molar-refractivity contribution in [1.29, 1.82) is 0 Å². The number of carboxylic acids is 1. The van der Waals surface area contributed by atoms with Gasteiger partial charge >= 0.3 is 5.97 Å². The van der Waals surface area contributed by atoms with E-state index in [0.29, 0.717) is 5.56 Å². The van der Waals surface area contributed by atoms with E-state index in [0.717, 1.165) is 0 Å². The highest BCUT2D eigenvalue weighted by Gasteiger charge is 2.11. The minimum absolute atomic E-state index is 0.0495. The molecule has 0 aliphatic rings. The summed E-state index contributed by atoms with van der Waals surface area (Å²) in [5, 5.41) is 11.5. The Morgan fingerprint density at radius 3 is 2.71 bits per heavy atom. The van der Waals surface area contributed by atoms with Gasteiger partial charge in [0.2, 0.25) is 5.91 Å². The molecule has 0 heterocycles. The second-order valence-electron chi connectivity index (χ2n) is 3.34. The number of carbonyl (C=O) groups excluding carboxylic acids is 1. The summed E-state index contributed by atoms with van der Waals surface area (Å²) < 4.78 is 0. The van der Waals surface area contributed by atoms with E-state index < -0.39 is 5.97 Å². The largest absolute Gasteiger partial charge is 0.478 e. The highest BCUT2D eigenvalue weighted by molar-refractivity contribution is 5.91. The van der Waals surface area contributed by atoms with Crippen LogP contribution in [0.4, 0.5) is 0 Å². The first kappa shape index (κ1) is 12.8. The Labute approximate surface area is 99.7 Å². The second-order valence-corrected chi connectivity index (χ2v) is 3.34. The fraction of sp³-hybridized carbons (Fsp3) is 0.231. The lowest BCUT2D eigenvalue weighted by Crippen LogP contribution is -2.26. The Hall–Kier alpha value is -2.28. The molecule has 0 spiro atoms. The average molecular weight is 231 g/mol. The van der Waals surface area contributed by atoms with E-state index in [2.05, 4.69) is 17.2 Å². The van der Waals surface area contributed by atoms with Crippen molar-refractivity contribution >= 4 is 11.9 Å². The lowest BCUT2D eigenvalue weighted by molar-refractivity contribution is -0.120. The highest BCUT2D eigenvalue weighted by atomic mass is 16.4. The minimum atomic E-state index is -1.03. The first-order chi connectivity index (χ1) is 8.15. The third-order valence-electron chi connectivity index (χ3n) is 2.15. The standard InChI is InChI=1S/C13H13NO3/c1-2-3-8-14-12(15)9-10-6-4-5-7-11(10)13(16)17/h4-7H,8-9H2,1H3,(H,14,15)(H,16,17). The van der Waals surface area contributed by atoms with Gasteiger partial charge in [-0.15, -0.1) is 5.92 Å². The zero-order valence-corrected chi connectivity index (χ0v) is 9.49. The van der Waals surface area contributed by atoms with E-state index in [1.54, 1.807) is 25.1 Å². The first-order valence-corrected chi connectivity index (χ1v) is 5.12. The maximum atomic E-state index is 11.5. The Kier molecular flexibility index (Phi) is 4.77. The predicted octanol–water partition coefficient (Wildman–Crippen LogP) is 1.07. The SMILES string of the molecule is CC#CCNC(=O)Cc1ccccc1C(=O)O. The maximum absolute atomic E-state index is 11.5. The van der Waals surface area contributed by atoms with Crippen LogP contribution in [0.2, 0.25) is 0 Å². The molecular formula is C13H13NO3. The van der Waals surface area contributed by atoms with Gasteiger partial charge < -0.3 is 10.4 Å². The number of amides is 1. The van der Waals surface area contributed by atoms with Crippen LogP contribution in [-0.2, 0) is 11.2 Å². The number of hydrogen-bond donors (Lipinski definition) is 2. The third kappa shape index (κ3) is 3.99. The van der Waals surface area contributed by atoms with Crippen molar-refractivity contribution in [3.8, 4) is 11.8 Å². The lowest BCUT2D eigenvalue weighted by atomic mass is 10.0. The summed E-state index contributed by atoms with van der Waals surface area (Å²) in [5.74, 6) is 4.10. The topological polar surface area (TPSA) is 66.4 Å². The molecule has 0 bridgehead atoms. The van der Waals surface area contributed by atoms with E-state index in [-0.39, 0.29) is 24.4 Å². The van der Waals surface area contributed by atoms with Crippen molar-refractivity contribution < 1.29 is 14.7 Å². The zero-order valence-electron chi connectivity index (χ0n) is 9.49. The van der Waals surface area contributed by atoms with E-state index >= 15 is 0 Å². The van der Waals surface area contributed by atoms with Crippen molar-refractivity contribution in [2.45, 2.75) is 13.3 Å².